The van der Waals surface area contributed by atoms with Gasteiger partial charge in [-0.05, 0) is 52.0 Å². The van der Waals surface area contributed by atoms with Crippen molar-refractivity contribution < 1.29 is 12.9 Å². The molecule has 1 aromatic carbocycles. The first kappa shape index (κ1) is 18.7. The molecule has 1 aliphatic rings. The molecule has 0 saturated carbocycles. The lowest BCUT2D eigenvalue weighted by Crippen LogP contribution is -2.48. The SMILES string of the molecule is Cc1noc(C)c1S(=O)(=O)Nc1ccc(N2CCN(C(C)C)CC2)cc1. The van der Waals surface area contributed by atoms with Crippen molar-refractivity contribution in [2.75, 3.05) is 35.8 Å². The second kappa shape index (κ2) is 7.28. The molecule has 1 fully saturated rings. The van der Waals surface area contributed by atoms with Gasteiger partial charge in [-0.3, -0.25) is 9.62 Å². The van der Waals surface area contributed by atoms with Crippen LogP contribution in [0.1, 0.15) is 25.3 Å². The number of nitrogens with zero attached hydrogens (tertiary/aromatic N) is 3. The molecule has 0 spiro atoms. The Labute approximate surface area is 155 Å². The molecular formula is C18H26N4O3S. The summed E-state index contributed by atoms with van der Waals surface area (Å²) < 4.78 is 32.7. The Hall–Kier alpha value is -2.06. The van der Waals surface area contributed by atoms with E-state index < -0.39 is 10.0 Å². The van der Waals surface area contributed by atoms with Crippen LogP contribution in [-0.2, 0) is 10.0 Å². The normalized spacial score (nSPS) is 16.3. The quantitative estimate of drug-likeness (QED) is 0.862. The summed E-state index contributed by atoms with van der Waals surface area (Å²) in [6, 6.07) is 8.06. The molecule has 2 heterocycles. The minimum absolute atomic E-state index is 0.103. The van der Waals surface area contributed by atoms with E-state index in [-0.39, 0.29) is 10.7 Å². The summed E-state index contributed by atoms with van der Waals surface area (Å²) in [5, 5.41) is 3.71. The highest BCUT2D eigenvalue weighted by atomic mass is 32.2. The Morgan fingerprint density at radius 3 is 2.19 bits per heavy atom. The van der Waals surface area contributed by atoms with Gasteiger partial charge in [-0.15, -0.1) is 0 Å². The Morgan fingerprint density at radius 1 is 1.08 bits per heavy atom. The number of sulfonamides is 1. The zero-order valence-corrected chi connectivity index (χ0v) is 16.5. The summed E-state index contributed by atoms with van der Waals surface area (Å²) in [5.74, 6) is 0.287. The molecule has 1 N–H and O–H groups in total. The van der Waals surface area contributed by atoms with Gasteiger partial charge in [-0.2, -0.15) is 0 Å². The van der Waals surface area contributed by atoms with Gasteiger partial charge in [-0.25, -0.2) is 8.42 Å². The van der Waals surface area contributed by atoms with Crippen molar-refractivity contribution in [3.63, 3.8) is 0 Å². The fourth-order valence-electron chi connectivity index (χ4n) is 3.30. The van der Waals surface area contributed by atoms with Crippen LogP contribution in [0.15, 0.2) is 33.7 Å². The molecule has 0 unspecified atom stereocenters. The zero-order valence-electron chi connectivity index (χ0n) is 15.7. The first-order chi connectivity index (χ1) is 12.3. The number of nitrogens with one attached hydrogen (secondary N) is 1. The molecule has 8 heteroatoms. The lowest BCUT2D eigenvalue weighted by Gasteiger charge is -2.38. The summed E-state index contributed by atoms with van der Waals surface area (Å²) in [4.78, 5) is 4.89. The fourth-order valence-corrected chi connectivity index (χ4v) is 4.69. The van der Waals surface area contributed by atoms with Crippen LogP contribution in [-0.4, -0.2) is 50.7 Å². The van der Waals surface area contributed by atoms with Crippen LogP contribution in [0.5, 0.6) is 0 Å². The van der Waals surface area contributed by atoms with Gasteiger partial charge in [0.15, 0.2) is 10.7 Å². The molecule has 26 heavy (non-hydrogen) atoms. The Bertz CT molecular complexity index is 832. The van der Waals surface area contributed by atoms with Crippen molar-refractivity contribution in [2.45, 2.75) is 38.6 Å². The van der Waals surface area contributed by atoms with E-state index in [0.717, 1.165) is 31.9 Å². The molecule has 0 amide bonds. The highest BCUT2D eigenvalue weighted by Crippen LogP contribution is 2.24. The summed E-state index contributed by atoms with van der Waals surface area (Å²) in [7, 11) is -3.71. The van der Waals surface area contributed by atoms with Crippen LogP contribution >= 0.6 is 0 Å². The third-order valence-corrected chi connectivity index (χ3v) is 6.39. The third-order valence-electron chi connectivity index (χ3n) is 4.77. The lowest BCUT2D eigenvalue weighted by atomic mass is 10.2. The second-order valence-corrected chi connectivity index (χ2v) is 8.54. The van der Waals surface area contributed by atoms with E-state index in [1.54, 1.807) is 26.0 Å². The Balaban J connectivity index is 1.69. The number of anilines is 2. The largest absolute Gasteiger partial charge is 0.369 e. The van der Waals surface area contributed by atoms with Gasteiger partial charge in [-0.1, -0.05) is 5.16 Å². The van der Waals surface area contributed by atoms with Crippen LogP contribution in [0.2, 0.25) is 0 Å². The van der Waals surface area contributed by atoms with Crippen molar-refractivity contribution in [2.24, 2.45) is 0 Å². The predicted molar refractivity (Wildman–Crippen MR) is 102 cm³/mol. The predicted octanol–water partition coefficient (Wildman–Crippen LogP) is 2.62. The number of piperazine rings is 1. The minimum Gasteiger partial charge on any atom is -0.369 e. The molecule has 3 rings (SSSR count). The topological polar surface area (TPSA) is 78.7 Å². The highest BCUT2D eigenvalue weighted by molar-refractivity contribution is 7.92. The average Bonchev–Trinajstić information content (AvgIpc) is 2.95. The minimum atomic E-state index is -3.71. The number of benzene rings is 1. The number of hydrogen-bond acceptors (Lipinski definition) is 6. The average molecular weight is 378 g/mol. The molecule has 0 atom stereocenters. The summed E-state index contributed by atoms with van der Waals surface area (Å²) in [6.45, 7) is 11.7. The fraction of sp³-hybridized carbons (Fsp3) is 0.500. The van der Waals surface area contributed by atoms with Crippen LogP contribution in [0.25, 0.3) is 0 Å². The Morgan fingerprint density at radius 2 is 1.69 bits per heavy atom. The van der Waals surface area contributed by atoms with E-state index in [4.69, 9.17) is 4.52 Å². The van der Waals surface area contributed by atoms with Crippen molar-refractivity contribution in [3.8, 4) is 0 Å². The van der Waals surface area contributed by atoms with Gasteiger partial charge in [0.2, 0.25) is 0 Å². The molecule has 1 aromatic heterocycles. The van der Waals surface area contributed by atoms with Crippen molar-refractivity contribution >= 4 is 21.4 Å². The van der Waals surface area contributed by atoms with Crippen LogP contribution in [0.3, 0.4) is 0 Å². The van der Waals surface area contributed by atoms with E-state index in [1.165, 1.54) is 0 Å². The molecule has 2 aromatic rings. The molecule has 1 saturated heterocycles. The van der Waals surface area contributed by atoms with Gasteiger partial charge in [0, 0.05) is 43.6 Å². The maximum Gasteiger partial charge on any atom is 0.267 e. The van der Waals surface area contributed by atoms with E-state index in [1.807, 2.05) is 12.1 Å². The van der Waals surface area contributed by atoms with Crippen LogP contribution in [0.4, 0.5) is 11.4 Å². The third kappa shape index (κ3) is 3.86. The first-order valence-electron chi connectivity index (χ1n) is 8.82. The Kier molecular flexibility index (Phi) is 5.24. The van der Waals surface area contributed by atoms with Gasteiger partial charge < -0.3 is 9.42 Å². The molecule has 0 aliphatic carbocycles. The monoisotopic (exact) mass is 378 g/mol. The lowest BCUT2D eigenvalue weighted by molar-refractivity contribution is 0.209. The number of aromatic nitrogens is 1. The van der Waals surface area contributed by atoms with Crippen LogP contribution in [0, 0.1) is 13.8 Å². The number of hydrogen-bond donors (Lipinski definition) is 1. The van der Waals surface area contributed by atoms with Gasteiger partial charge in [0.1, 0.15) is 5.69 Å². The smallest absolute Gasteiger partial charge is 0.267 e. The second-order valence-electron chi connectivity index (χ2n) is 6.92. The summed E-state index contributed by atoms with van der Waals surface area (Å²) in [6.07, 6.45) is 0. The standard InChI is InChI=1S/C18H26N4O3S/c1-13(2)21-9-11-22(12-10-21)17-7-5-16(6-8-17)20-26(23,24)18-14(3)19-25-15(18)4/h5-8,13,20H,9-12H2,1-4H3. The van der Waals surface area contributed by atoms with E-state index >= 15 is 0 Å². The zero-order chi connectivity index (χ0) is 18.9. The van der Waals surface area contributed by atoms with Gasteiger partial charge in [0.25, 0.3) is 10.0 Å². The van der Waals surface area contributed by atoms with Crippen LogP contribution < -0.4 is 9.62 Å². The maximum atomic E-state index is 12.6. The number of rotatable bonds is 5. The molecule has 142 valence electrons. The molecule has 1 aliphatic heterocycles. The molecule has 7 nitrogen and oxygen atoms in total. The molecule has 0 radical (unpaired) electrons. The summed E-state index contributed by atoms with van der Waals surface area (Å²) in [5.41, 5.74) is 1.98. The maximum absolute atomic E-state index is 12.6. The van der Waals surface area contributed by atoms with Gasteiger partial charge in [0.05, 0.1) is 0 Å². The van der Waals surface area contributed by atoms with E-state index in [0.29, 0.717) is 17.4 Å². The van der Waals surface area contributed by atoms with E-state index in [2.05, 4.69) is 33.5 Å². The first-order valence-corrected chi connectivity index (χ1v) is 10.3. The highest BCUT2D eigenvalue weighted by Gasteiger charge is 2.24. The van der Waals surface area contributed by atoms with E-state index in [9.17, 15) is 8.42 Å². The number of aryl methyl sites for hydroxylation is 2. The van der Waals surface area contributed by atoms with Crippen molar-refractivity contribution in [1.29, 1.82) is 0 Å². The van der Waals surface area contributed by atoms with Crippen molar-refractivity contribution in [1.82, 2.24) is 10.1 Å². The van der Waals surface area contributed by atoms with Gasteiger partial charge >= 0.3 is 0 Å². The van der Waals surface area contributed by atoms with Crippen molar-refractivity contribution in [3.05, 3.63) is 35.7 Å². The molecule has 0 bridgehead atoms. The molecular weight excluding hydrogens is 352 g/mol. The summed E-state index contributed by atoms with van der Waals surface area (Å²) >= 11 is 0.